The molecular weight excluding hydrogens is 619 g/mol. The summed E-state index contributed by atoms with van der Waals surface area (Å²) in [6.07, 6.45) is 2.39. The molecular formula is C40H59NO6Si. The summed E-state index contributed by atoms with van der Waals surface area (Å²) in [5, 5.41) is 11.8. The summed E-state index contributed by atoms with van der Waals surface area (Å²) in [6.45, 7) is 22.2. The third-order valence-corrected chi connectivity index (χ3v) is 16.8. The molecule has 0 saturated heterocycles. The number of carbonyl (C=O) groups excluding carboxylic acids is 2. The lowest BCUT2D eigenvalue weighted by molar-refractivity contribution is -0.179. The monoisotopic (exact) mass is 677 g/mol. The second-order valence-electron chi connectivity index (χ2n) is 15.5. The first-order valence-electron chi connectivity index (χ1n) is 18.0. The van der Waals surface area contributed by atoms with Gasteiger partial charge in [0.1, 0.15) is 6.10 Å². The van der Waals surface area contributed by atoms with Gasteiger partial charge >= 0.3 is 12.1 Å². The van der Waals surface area contributed by atoms with E-state index in [1.165, 1.54) is 6.42 Å². The number of amides is 1. The van der Waals surface area contributed by atoms with Crippen molar-refractivity contribution < 1.29 is 28.6 Å². The van der Waals surface area contributed by atoms with Crippen LogP contribution in [0.15, 0.2) is 60.2 Å². The van der Waals surface area contributed by atoms with E-state index in [1.54, 1.807) is 11.0 Å². The van der Waals surface area contributed by atoms with Crippen molar-refractivity contribution >= 4 is 20.4 Å². The van der Waals surface area contributed by atoms with Crippen molar-refractivity contribution in [3.63, 3.8) is 0 Å². The number of aryl methyl sites for hydroxylation is 1. The summed E-state index contributed by atoms with van der Waals surface area (Å²) in [7, 11) is -2.54. The van der Waals surface area contributed by atoms with Gasteiger partial charge in [0.2, 0.25) is 6.29 Å². The summed E-state index contributed by atoms with van der Waals surface area (Å²) in [5.74, 6) is 0.825. The van der Waals surface area contributed by atoms with Gasteiger partial charge in [0, 0.05) is 13.1 Å². The van der Waals surface area contributed by atoms with Gasteiger partial charge in [-0.2, -0.15) is 0 Å². The Bertz CT molecular complexity index is 1400. The zero-order chi connectivity index (χ0) is 35.3. The number of carbonyl (C=O) groups is 2. The second kappa shape index (κ2) is 16.2. The van der Waals surface area contributed by atoms with Crippen LogP contribution < -0.4 is 0 Å². The molecule has 2 aromatic carbocycles. The Morgan fingerprint density at radius 1 is 0.938 bits per heavy atom. The molecule has 1 N–H and O–H groups in total. The Morgan fingerprint density at radius 3 is 2.19 bits per heavy atom. The van der Waals surface area contributed by atoms with Crippen LogP contribution in [0, 0.1) is 24.7 Å². The summed E-state index contributed by atoms with van der Waals surface area (Å²) in [6, 6.07) is 15.6. The zero-order valence-electron chi connectivity index (χ0n) is 30.9. The van der Waals surface area contributed by atoms with Crippen LogP contribution in [0.4, 0.5) is 4.79 Å². The Kier molecular flexibility index (Phi) is 12.8. The Morgan fingerprint density at radius 2 is 1.58 bits per heavy atom. The minimum atomic E-state index is -2.54. The summed E-state index contributed by atoms with van der Waals surface area (Å²) >= 11 is 0. The lowest BCUT2D eigenvalue weighted by Gasteiger charge is -2.42. The minimum absolute atomic E-state index is 0.00966. The number of ether oxygens (including phenoxy) is 2. The largest absolute Gasteiger partial charge is 0.503 e. The highest BCUT2D eigenvalue weighted by Gasteiger charge is 2.49. The fourth-order valence-corrected chi connectivity index (χ4v) is 13.4. The third-order valence-electron chi connectivity index (χ3n) is 10.9. The maximum Gasteiger partial charge on any atom is 0.396 e. The fourth-order valence-electron chi connectivity index (χ4n) is 8.25. The number of hydrogen-bond donors (Lipinski definition) is 1. The molecule has 1 aliphatic heterocycles. The van der Waals surface area contributed by atoms with Gasteiger partial charge in [0.15, 0.2) is 0 Å². The van der Waals surface area contributed by atoms with E-state index < -0.39 is 26.7 Å². The average molecular weight is 678 g/mol. The van der Waals surface area contributed by atoms with Crippen molar-refractivity contribution in [2.45, 2.75) is 137 Å². The van der Waals surface area contributed by atoms with E-state index in [-0.39, 0.29) is 40.9 Å². The van der Waals surface area contributed by atoms with Crippen molar-refractivity contribution in [1.82, 2.24) is 4.90 Å². The van der Waals surface area contributed by atoms with Gasteiger partial charge in [0.05, 0.1) is 11.7 Å². The normalized spacial score (nSPS) is 22.3. The molecule has 5 atom stereocenters. The molecule has 1 saturated carbocycles. The predicted molar refractivity (Wildman–Crippen MR) is 194 cm³/mol. The molecule has 7 nitrogen and oxygen atoms in total. The molecule has 0 unspecified atom stereocenters. The highest BCUT2D eigenvalue weighted by Crippen LogP contribution is 2.43. The van der Waals surface area contributed by atoms with Gasteiger partial charge in [-0.3, -0.25) is 0 Å². The number of benzene rings is 2. The minimum Gasteiger partial charge on any atom is -0.503 e. The molecule has 1 fully saturated rings. The maximum absolute atomic E-state index is 14.3. The second-order valence-corrected chi connectivity index (χ2v) is 20.8. The highest BCUT2D eigenvalue weighted by molar-refractivity contribution is 6.78. The van der Waals surface area contributed by atoms with Crippen molar-refractivity contribution in [2.24, 2.45) is 17.8 Å². The van der Waals surface area contributed by atoms with E-state index in [0.717, 1.165) is 29.5 Å². The van der Waals surface area contributed by atoms with Crippen LogP contribution in [0.2, 0.25) is 16.6 Å². The molecule has 0 radical (unpaired) electrons. The molecule has 4 rings (SSSR count). The van der Waals surface area contributed by atoms with Crippen LogP contribution in [0.5, 0.6) is 0 Å². The standard InChI is InChI=1S/C40H59NO6Si/c1-25(2)32-20-19-29(9)21-36(32)45-37-22-34(39(43)46-37)38(42)33-18-14-15-30(10)35(33)24-41(23-31-16-12-11-13-17-31)40(44)47-48(26(3)4,27(5)6)28(7)8/h11-18,22,25-29,32,36-38,42H,19-21,23-24H2,1-10H3/t29-,32+,36-,37-,38+/m1/s1. The predicted octanol–water partition coefficient (Wildman–Crippen LogP) is 9.63. The maximum atomic E-state index is 14.3. The van der Waals surface area contributed by atoms with Gasteiger partial charge in [-0.05, 0) is 82.5 Å². The van der Waals surface area contributed by atoms with Crippen molar-refractivity contribution in [2.75, 3.05) is 0 Å². The molecule has 0 aromatic heterocycles. The summed E-state index contributed by atoms with van der Waals surface area (Å²) < 4.78 is 18.8. The topological polar surface area (TPSA) is 85.3 Å². The van der Waals surface area contributed by atoms with E-state index in [1.807, 2.05) is 55.5 Å². The van der Waals surface area contributed by atoms with E-state index in [9.17, 15) is 14.7 Å². The number of esters is 1. The molecule has 1 amide bonds. The van der Waals surface area contributed by atoms with Crippen molar-refractivity contribution in [1.29, 1.82) is 0 Å². The lowest BCUT2D eigenvalue weighted by atomic mass is 9.75. The summed E-state index contributed by atoms with van der Waals surface area (Å²) in [4.78, 5) is 29.3. The fraction of sp³-hybridized carbons (Fsp3) is 0.600. The van der Waals surface area contributed by atoms with Gasteiger partial charge in [-0.1, -0.05) is 117 Å². The number of cyclic esters (lactones) is 1. The SMILES string of the molecule is Cc1cccc([C@H](O)C2=C[C@H](O[C@@H]3C[C@H](C)CC[C@H]3C(C)C)OC2=O)c1CN(Cc1ccccc1)C(=O)O[Si](C(C)C)(C(C)C)C(C)C. The first kappa shape index (κ1) is 37.9. The van der Waals surface area contributed by atoms with Gasteiger partial charge in [-0.15, -0.1) is 0 Å². The number of aliphatic hydroxyl groups excluding tert-OH is 1. The number of rotatable bonds is 13. The molecule has 264 valence electrons. The van der Waals surface area contributed by atoms with E-state index >= 15 is 0 Å². The number of hydrogen-bond acceptors (Lipinski definition) is 6. The molecule has 1 heterocycles. The van der Waals surface area contributed by atoms with Gasteiger partial charge < -0.3 is 23.9 Å². The molecule has 8 heteroatoms. The van der Waals surface area contributed by atoms with Crippen LogP contribution in [0.1, 0.15) is 110 Å². The van der Waals surface area contributed by atoms with Crippen LogP contribution in [0.3, 0.4) is 0 Å². The molecule has 2 aliphatic rings. The van der Waals surface area contributed by atoms with Gasteiger partial charge in [0.25, 0.3) is 8.32 Å². The first-order chi connectivity index (χ1) is 22.6. The summed E-state index contributed by atoms with van der Waals surface area (Å²) in [5.41, 5.74) is 4.11. The average Bonchev–Trinajstić information content (AvgIpc) is 3.39. The third kappa shape index (κ3) is 8.43. The highest BCUT2D eigenvalue weighted by atomic mass is 28.4. The van der Waals surface area contributed by atoms with Crippen LogP contribution >= 0.6 is 0 Å². The van der Waals surface area contributed by atoms with Crippen LogP contribution in [-0.2, 0) is 31.8 Å². The smallest absolute Gasteiger partial charge is 0.396 e. The van der Waals surface area contributed by atoms with E-state index in [2.05, 4.69) is 62.3 Å². The molecule has 0 bridgehead atoms. The van der Waals surface area contributed by atoms with Crippen molar-refractivity contribution in [3.05, 3.63) is 82.4 Å². The molecule has 2 aromatic rings. The molecule has 1 aliphatic carbocycles. The van der Waals surface area contributed by atoms with E-state index in [4.69, 9.17) is 13.9 Å². The van der Waals surface area contributed by atoms with Crippen LogP contribution in [0.25, 0.3) is 0 Å². The van der Waals surface area contributed by atoms with Crippen molar-refractivity contribution in [3.8, 4) is 0 Å². The molecule has 0 spiro atoms. The zero-order valence-corrected chi connectivity index (χ0v) is 31.9. The van der Waals surface area contributed by atoms with E-state index in [0.29, 0.717) is 29.9 Å². The molecule has 48 heavy (non-hydrogen) atoms. The Hall–Kier alpha value is -2.94. The Balaban J connectivity index is 1.65. The first-order valence-corrected chi connectivity index (χ1v) is 20.2. The number of aliphatic hydroxyl groups is 1. The quantitative estimate of drug-likeness (QED) is 0.168. The number of nitrogens with zero attached hydrogens (tertiary/aromatic N) is 1. The Labute approximate surface area is 290 Å². The van der Waals surface area contributed by atoms with Gasteiger partial charge in [-0.25, -0.2) is 9.59 Å². The van der Waals surface area contributed by atoms with Crippen LogP contribution in [-0.4, -0.2) is 42.8 Å². The lowest BCUT2D eigenvalue weighted by Crippen LogP contribution is -2.51.